The van der Waals surface area contributed by atoms with Gasteiger partial charge in [0.1, 0.15) is 10.7 Å². The van der Waals surface area contributed by atoms with Crippen molar-refractivity contribution < 1.29 is 0 Å². The lowest BCUT2D eigenvalue weighted by molar-refractivity contribution is 0.655. The molecule has 0 unspecified atom stereocenters. The van der Waals surface area contributed by atoms with Crippen LogP contribution in [0.5, 0.6) is 0 Å². The first kappa shape index (κ1) is 9.95. The van der Waals surface area contributed by atoms with Crippen molar-refractivity contribution in [1.82, 2.24) is 15.3 Å². The largest absolute Gasteiger partial charge is 0.324 e. The molecule has 0 atom stereocenters. The molecule has 3 rings (SSSR count). The van der Waals surface area contributed by atoms with Crippen LogP contribution < -0.4 is 16.6 Å². The monoisotopic (exact) mass is 236 g/mol. The average molecular weight is 236 g/mol. The summed E-state index contributed by atoms with van der Waals surface area (Å²) in [5.41, 5.74) is 6.54. The summed E-state index contributed by atoms with van der Waals surface area (Å²) >= 11 is 1.62. The highest BCUT2D eigenvalue weighted by Crippen LogP contribution is 2.29. The van der Waals surface area contributed by atoms with E-state index in [0.717, 1.165) is 35.3 Å². The maximum absolute atomic E-state index is 11.9. The van der Waals surface area contributed by atoms with E-state index in [9.17, 15) is 4.79 Å². The molecule has 84 valence electrons. The van der Waals surface area contributed by atoms with E-state index in [-0.39, 0.29) is 12.1 Å². The molecule has 2 aromatic rings. The molecule has 0 aromatic carbocycles. The maximum Gasteiger partial charge on any atom is 0.260 e. The van der Waals surface area contributed by atoms with E-state index in [1.165, 1.54) is 4.88 Å². The van der Waals surface area contributed by atoms with Crippen LogP contribution in [0.2, 0.25) is 0 Å². The third-order valence-corrected chi connectivity index (χ3v) is 4.00. The molecule has 0 amide bonds. The first-order valence-corrected chi connectivity index (χ1v) is 6.05. The molecule has 0 saturated carbocycles. The first-order chi connectivity index (χ1) is 7.79. The van der Waals surface area contributed by atoms with Crippen LogP contribution in [0, 0.1) is 0 Å². The van der Waals surface area contributed by atoms with Gasteiger partial charge in [-0.05, 0) is 12.0 Å². The van der Waals surface area contributed by atoms with Crippen molar-refractivity contribution in [2.75, 3.05) is 6.54 Å². The summed E-state index contributed by atoms with van der Waals surface area (Å²) in [6.07, 6.45) is 0.980. The summed E-state index contributed by atoms with van der Waals surface area (Å²) in [5, 5.41) is 4.02. The molecule has 1 aliphatic rings. The predicted molar refractivity (Wildman–Crippen MR) is 63.5 cm³/mol. The molecule has 0 spiro atoms. The lowest BCUT2D eigenvalue weighted by atomic mass is 10.1. The Kier molecular flexibility index (Phi) is 2.27. The number of H-pyrrole nitrogens is 1. The van der Waals surface area contributed by atoms with Gasteiger partial charge in [-0.15, -0.1) is 11.3 Å². The van der Waals surface area contributed by atoms with Crippen LogP contribution in [0.3, 0.4) is 0 Å². The Balaban J connectivity index is 2.34. The smallest absolute Gasteiger partial charge is 0.260 e. The van der Waals surface area contributed by atoms with Gasteiger partial charge >= 0.3 is 0 Å². The molecule has 0 aliphatic carbocycles. The molecule has 4 N–H and O–H groups in total. The topological polar surface area (TPSA) is 83.8 Å². The molecule has 5 nitrogen and oxygen atoms in total. The van der Waals surface area contributed by atoms with E-state index in [4.69, 9.17) is 5.73 Å². The lowest BCUT2D eigenvalue weighted by Gasteiger charge is -2.11. The van der Waals surface area contributed by atoms with E-state index >= 15 is 0 Å². The van der Waals surface area contributed by atoms with Gasteiger partial charge in [0.05, 0.1) is 11.9 Å². The summed E-state index contributed by atoms with van der Waals surface area (Å²) in [7, 11) is 0. The number of fused-ring (bicyclic) bond motifs is 3. The molecule has 1 aliphatic heterocycles. The van der Waals surface area contributed by atoms with Crippen LogP contribution in [0.1, 0.15) is 16.3 Å². The van der Waals surface area contributed by atoms with Gasteiger partial charge in [0.25, 0.3) is 5.56 Å². The summed E-state index contributed by atoms with van der Waals surface area (Å²) in [6, 6.07) is 0. The molecule has 0 bridgehead atoms. The summed E-state index contributed by atoms with van der Waals surface area (Å²) in [6.45, 7) is 2.01. The number of thiophene rings is 1. The number of nitrogens with one attached hydrogen (secondary N) is 2. The lowest BCUT2D eigenvalue weighted by Crippen LogP contribution is -2.23. The Bertz CT molecular complexity index is 601. The molecule has 0 saturated heterocycles. The summed E-state index contributed by atoms with van der Waals surface area (Å²) in [4.78, 5) is 21.1. The highest BCUT2D eigenvalue weighted by molar-refractivity contribution is 7.18. The third-order valence-electron chi connectivity index (χ3n) is 2.82. The Morgan fingerprint density at radius 2 is 2.38 bits per heavy atom. The second-order valence-corrected chi connectivity index (χ2v) is 4.91. The van der Waals surface area contributed by atoms with Gasteiger partial charge in [-0.3, -0.25) is 4.79 Å². The van der Waals surface area contributed by atoms with Crippen molar-refractivity contribution in [2.45, 2.75) is 19.5 Å². The molecule has 16 heavy (non-hydrogen) atoms. The minimum atomic E-state index is -0.0633. The van der Waals surface area contributed by atoms with Gasteiger partial charge in [-0.1, -0.05) is 0 Å². The van der Waals surface area contributed by atoms with E-state index < -0.39 is 0 Å². The molecule has 2 aromatic heterocycles. The van der Waals surface area contributed by atoms with Crippen molar-refractivity contribution in [3.05, 3.63) is 26.6 Å². The van der Waals surface area contributed by atoms with Crippen LogP contribution in [-0.2, 0) is 19.5 Å². The van der Waals surface area contributed by atoms with E-state index in [0.29, 0.717) is 5.82 Å². The van der Waals surface area contributed by atoms with Crippen LogP contribution in [0.4, 0.5) is 0 Å². The number of hydrogen-bond acceptors (Lipinski definition) is 5. The molecule has 6 heteroatoms. The summed E-state index contributed by atoms with van der Waals surface area (Å²) < 4.78 is 0. The molecular formula is C10H12N4OS. The fourth-order valence-corrected chi connectivity index (χ4v) is 3.26. The predicted octanol–water partition coefficient (Wildman–Crippen LogP) is 0.0890. The number of aromatic nitrogens is 2. The first-order valence-electron chi connectivity index (χ1n) is 5.24. The van der Waals surface area contributed by atoms with E-state index in [1.54, 1.807) is 11.3 Å². The van der Waals surface area contributed by atoms with Crippen molar-refractivity contribution >= 4 is 21.6 Å². The quantitative estimate of drug-likeness (QED) is 0.655. The SMILES string of the molecule is NCc1nc2sc3c(c2c(=O)[nH]1)CNCC3. The zero-order valence-electron chi connectivity index (χ0n) is 8.67. The van der Waals surface area contributed by atoms with Gasteiger partial charge in [-0.25, -0.2) is 4.98 Å². The molecule has 0 fully saturated rings. The van der Waals surface area contributed by atoms with Gasteiger partial charge < -0.3 is 16.0 Å². The minimum Gasteiger partial charge on any atom is -0.324 e. The Labute approximate surface area is 95.7 Å². The number of nitrogens with zero attached hydrogens (tertiary/aromatic N) is 1. The standard InChI is InChI=1S/C10H12N4OS/c11-3-7-13-9(15)8-5-4-12-2-1-6(5)16-10(8)14-7/h12H,1-4,11H2,(H,13,14,15). The molecule has 0 radical (unpaired) electrons. The van der Waals surface area contributed by atoms with Crippen LogP contribution in [0.25, 0.3) is 10.2 Å². The minimum absolute atomic E-state index is 0.0633. The zero-order chi connectivity index (χ0) is 11.1. The fourth-order valence-electron chi connectivity index (χ4n) is 2.06. The van der Waals surface area contributed by atoms with Crippen LogP contribution >= 0.6 is 11.3 Å². The van der Waals surface area contributed by atoms with Crippen LogP contribution in [-0.4, -0.2) is 16.5 Å². The van der Waals surface area contributed by atoms with E-state index in [1.807, 2.05) is 0 Å². The second-order valence-electron chi connectivity index (χ2n) is 3.83. The number of rotatable bonds is 1. The number of hydrogen-bond donors (Lipinski definition) is 3. The van der Waals surface area contributed by atoms with Gasteiger partial charge in [0.15, 0.2) is 0 Å². The molecular weight excluding hydrogens is 224 g/mol. The Morgan fingerprint density at radius 3 is 3.19 bits per heavy atom. The van der Waals surface area contributed by atoms with Gasteiger partial charge in [0.2, 0.25) is 0 Å². The highest BCUT2D eigenvalue weighted by atomic mass is 32.1. The highest BCUT2D eigenvalue weighted by Gasteiger charge is 2.19. The Morgan fingerprint density at radius 1 is 1.50 bits per heavy atom. The zero-order valence-corrected chi connectivity index (χ0v) is 9.49. The number of nitrogens with two attached hydrogens (primary N) is 1. The van der Waals surface area contributed by atoms with Crippen LogP contribution in [0.15, 0.2) is 4.79 Å². The third kappa shape index (κ3) is 1.38. The van der Waals surface area contributed by atoms with Gasteiger partial charge in [0, 0.05) is 18.0 Å². The molecule has 3 heterocycles. The number of aromatic amines is 1. The average Bonchev–Trinajstić information content (AvgIpc) is 2.67. The maximum atomic E-state index is 11.9. The van der Waals surface area contributed by atoms with E-state index in [2.05, 4.69) is 15.3 Å². The Hall–Kier alpha value is -1.24. The van der Waals surface area contributed by atoms with Gasteiger partial charge in [-0.2, -0.15) is 0 Å². The van der Waals surface area contributed by atoms with Crippen molar-refractivity contribution in [3.8, 4) is 0 Å². The van der Waals surface area contributed by atoms with Crippen molar-refractivity contribution in [2.24, 2.45) is 5.73 Å². The van der Waals surface area contributed by atoms with Crippen molar-refractivity contribution in [3.63, 3.8) is 0 Å². The van der Waals surface area contributed by atoms with Crippen molar-refractivity contribution in [1.29, 1.82) is 0 Å². The normalized spacial score (nSPS) is 15.3. The second kappa shape index (κ2) is 3.65. The fraction of sp³-hybridized carbons (Fsp3) is 0.400. The summed E-state index contributed by atoms with van der Waals surface area (Å²) in [5.74, 6) is 0.559.